The summed E-state index contributed by atoms with van der Waals surface area (Å²) < 4.78 is 46.1. The molecule has 10 aliphatic rings. The van der Waals surface area contributed by atoms with Crippen molar-refractivity contribution in [1.29, 1.82) is 0 Å². The Morgan fingerprint density at radius 2 is 1.45 bits per heavy atom. The number of fused-ring (bicyclic) bond motifs is 9. The minimum Gasteiger partial charge on any atom is -0.507 e. The maximum absolute atomic E-state index is 15.3. The number of aliphatic hydroxyl groups is 4. The number of methoxy groups -OCH3 is 4. The quantitative estimate of drug-likeness (QED) is 0.0173. The van der Waals surface area contributed by atoms with Crippen LogP contribution >= 0.6 is 0 Å². The molecule has 3 aliphatic carbocycles. The Morgan fingerprint density at radius 3 is 2.09 bits per heavy atom. The minimum atomic E-state index is -2.53. The molecular formula is C88H106N6O22. The summed E-state index contributed by atoms with van der Waals surface area (Å²) in [6, 6.07) is 23.8. The zero-order valence-corrected chi connectivity index (χ0v) is 67.5. The number of nitrogens with one attached hydrogen (secondary N) is 1. The van der Waals surface area contributed by atoms with Gasteiger partial charge in [-0.2, -0.15) is 0 Å². The largest absolute Gasteiger partial charge is 0.507 e. The number of aliphatic hydroxyl groups excluding tert-OH is 1. The second-order valence-electron chi connectivity index (χ2n) is 33.2. The number of carbonyl (C=O) groups is 8. The van der Waals surface area contributed by atoms with Crippen molar-refractivity contribution in [1.82, 2.24) is 19.7 Å². The van der Waals surface area contributed by atoms with E-state index in [0.29, 0.717) is 106 Å². The number of amides is 1. The summed E-state index contributed by atoms with van der Waals surface area (Å²) in [5.74, 6) is -5.31. The van der Waals surface area contributed by atoms with Gasteiger partial charge < -0.3 is 89.1 Å². The molecule has 9 N–H and O–H groups in total. The highest BCUT2D eigenvalue weighted by Gasteiger charge is 2.81. The number of aromatic nitrogens is 1. The van der Waals surface area contributed by atoms with Crippen LogP contribution in [0.5, 0.6) is 23.0 Å². The van der Waals surface area contributed by atoms with Gasteiger partial charge in [0.25, 0.3) is 0 Å². The van der Waals surface area contributed by atoms with E-state index in [0.717, 1.165) is 48.0 Å². The third-order valence-corrected chi connectivity index (χ3v) is 27.1. The molecular weight excluding hydrogens is 1490 g/mol. The second kappa shape index (κ2) is 31.4. The van der Waals surface area contributed by atoms with E-state index in [9.17, 15) is 64.2 Å². The van der Waals surface area contributed by atoms with Crippen LogP contribution in [0.3, 0.4) is 0 Å². The number of ketones is 3. The van der Waals surface area contributed by atoms with Gasteiger partial charge in [0.1, 0.15) is 34.0 Å². The van der Waals surface area contributed by atoms with Crippen LogP contribution < -0.4 is 20.1 Å². The zero-order valence-electron chi connectivity index (χ0n) is 67.5. The number of benzene rings is 5. The number of nitrogens with zero attached hydrogens (tertiary/aromatic N) is 4. The second-order valence-corrected chi connectivity index (χ2v) is 33.2. The standard InChI is InChI=1S/C46H56N4O10.C27H29NO10.C15H21NO2/c1-7-42(55)22-28-23-45(40(53)58-5,36-30(14-18-48(24-28)25-42)29-12-9-10-13-33(29)47-36)32-20-31-34(21-35(32)57-4)50(26-51)38-44(31)16-19-49-17-11-15-43(8-2,37(44)49)39(60-27(3)52)46(38,56)41(54)59-6;1-10-22(30)14(28)7-17(37-10)38-16-9-27(35,11(2)29)8-13-19(16)26(34)21-20(24(13)32)23(31)12-5-4-6-15(36-3)18(12)25(21)33;1-3-18-14(17)15(9-11-16(2)12-10-15)13-7-5-4-6-8-13/h9-13,15,20-21,26,28,37-39,47,55-56H,7-8,14,16-19,22-25H2,1-6H3;4-6,10,14,16-17,22,30,32,34-35H,7-9,28H2,1-3H3;4-8H,3,9-12H2,1-2H3/t28-,37+,38-,39-,42+,43-,44-,45+,46+;10-,14-,16-,17-,22+,27-;/m10./s1. The zero-order chi connectivity index (χ0) is 83.3. The predicted octanol–water partition coefficient (Wildman–Crippen LogP) is 6.76. The fourth-order valence-corrected chi connectivity index (χ4v) is 21.7. The lowest BCUT2D eigenvalue weighted by Gasteiger charge is -2.63. The number of likely N-dealkylation sites (tertiary alicyclic amines) is 1. The van der Waals surface area contributed by atoms with E-state index >= 15 is 4.79 Å². The molecule has 5 aromatic carbocycles. The highest BCUT2D eigenvalue weighted by atomic mass is 16.7. The molecule has 0 radical (unpaired) electrons. The molecule has 1 spiro atoms. The van der Waals surface area contributed by atoms with Crippen LogP contribution in [0.15, 0.2) is 97.1 Å². The molecule has 7 aliphatic heterocycles. The van der Waals surface area contributed by atoms with Crippen molar-refractivity contribution < 1.29 is 107 Å². The van der Waals surface area contributed by atoms with Gasteiger partial charge in [0, 0.05) is 120 Å². The van der Waals surface area contributed by atoms with Crippen LogP contribution in [-0.2, 0) is 86.3 Å². The van der Waals surface area contributed by atoms with Gasteiger partial charge >= 0.3 is 23.9 Å². The number of phenolic OH excluding ortho intramolecular Hbond substituents is 2. The lowest BCUT2D eigenvalue weighted by Crippen LogP contribution is -2.81. The first-order valence-electron chi connectivity index (χ1n) is 40.1. The summed E-state index contributed by atoms with van der Waals surface area (Å²) in [5, 5.41) is 70.4. The number of esters is 4. The van der Waals surface area contributed by atoms with Crippen LogP contribution in [0.25, 0.3) is 10.9 Å². The van der Waals surface area contributed by atoms with Crippen molar-refractivity contribution in [2.75, 3.05) is 92.8 Å². The van der Waals surface area contributed by atoms with Gasteiger partial charge in [-0.25, -0.2) is 4.79 Å². The van der Waals surface area contributed by atoms with E-state index in [-0.39, 0.29) is 59.2 Å². The summed E-state index contributed by atoms with van der Waals surface area (Å²) >= 11 is 0. The maximum Gasteiger partial charge on any atom is 0.344 e. The van der Waals surface area contributed by atoms with E-state index in [1.54, 1.807) is 13.0 Å². The molecule has 1 amide bonds. The van der Waals surface area contributed by atoms with Crippen molar-refractivity contribution in [3.8, 4) is 23.0 Å². The highest BCUT2D eigenvalue weighted by Crippen LogP contribution is 2.69. The molecule has 6 aromatic rings. The van der Waals surface area contributed by atoms with Crippen LogP contribution in [0.2, 0.25) is 0 Å². The Morgan fingerprint density at radius 1 is 0.750 bits per heavy atom. The van der Waals surface area contributed by atoms with Crippen LogP contribution in [0.1, 0.15) is 176 Å². The van der Waals surface area contributed by atoms with E-state index in [1.165, 1.54) is 65.4 Å². The van der Waals surface area contributed by atoms with Gasteiger partial charge in [-0.15, -0.1) is 0 Å². The van der Waals surface area contributed by atoms with Crippen molar-refractivity contribution in [2.24, 2.45) is 17.1 Å². The molecule has 1 aromatic heterocycles. The number of rotatable bonds is 15. The van der Waals surface area contributed by atoms with Crippen molar-refractivity contribution in [3.05, 3.63) is 158 Å². The van der Waals surface area contributed by atoms with Crippen molar-refractivity contribution in [2.45, 2.75) is 194 Å². The number of H-pyrrole nitrogens is 1. The van der Waals surface area contributed by atoms with Crippen molar-refractivity contribution in [3.63, 3.8) is 0 Å². The number of hydrogen-bond acceptors (Lipinski definition) is 26. The summed E-state index contributed by atoms with van der Waals surface area (Å²) in [7, 11) is 7.53. The molecule has 16 rings (SSSR count). The third-order valence-electron chi connectivity index (χ3n) is 27.1. The Labute approximate surface area is 673 Å². The molecule has 8 heterocycles. The number of ether oxygens (including phenoxy) is 8. The molecule has 28 nitrogen and oxygen atoms in total. The monoisotopic (exact) mass is 1600 g/mol. The first kappa shape index (κ1) is 83.0. The fourth-order valence-electron chi connectivity index (χ4n) is 21.7. The maximum atomic E-state index is 15.3. The van der Waals surface area contributed by atoms with Gasteiger partial charge in [0.05, 0.1) is 92.8 Å². The lowest BCUT2D eigenvalue weighted by atomic mass is 9.47. The van der Waals surface area contributed by atoms with Gasteiger partial charge in [0.2, 0.25) is 17.8 Å². The number of aromatic hydroxyl groups is 2. The Kier molecular flexibility index (Phi) is 22.5. The van der Waals surface area contributed by atoms with E-state index in [1.807, 2.05) is 87.5 Å². The van der Waals surface area contributed by atoms with Crippen molar-refractivity contribution >= 4 is 64.2 Å². The number of para-hydroxylation sites is 1. The van der Waals surface area contributed by atoms with E-state index < -0.39 is 152 Å². The molecule has 5 fully saturated rings. The van der Waals surface area contributed by atoms with Gasteiger partial charge in [0.15, 0.2) is 24.0 Å². The SMILES string of the molecule is CCOC(=O)C1(c2ccccc2)CCN(C)CC1.CC[C@]1(O)C[C@H]2CN(CCc3c([nH]c4ccccc34)[C@@](C(=O)OC)(c3cc4c(cc3OC)N(C=O)[C@H]3[C@@](O)(C(=O)OC)[C@H](OC(C)=O)[C@]5(CC)C=CCN6CC[C@]43[C@@H]65)C2)C1.COc1cccc2c1C(=O)c1c(O)c3c(c(O)c1C2=O)C[C@@](O)(C(C)=O)C[C@@H]3O[C@H]1C[C@H](N)[C@H](O)[C@H](C)O1. The van der Waals surface area contributed by atoms with E-state index in [2.05, 4.69) is 32.8 Å². The molecule has 1 unspecified atom stereocenters. The number of hydrogen-bond donors (Lipinski definition) is 8. The van der Waals surface area contributed by atoms with E-state index in [4.69, 9.17) is 43.6 Å². The summed E-state index contributed by atoms with van der Waals surface area (Å²) in [4.78, 5) is 120. The first-order chi connectivity index (χ1) is 55.3. The third kappa shape index (κ3) is 13.0. The number of anilines is 1. The molecule has 16 atom stereocenters. The normalized spacial score (nSPS) is 31.8. The smallest absolute Gasteiger partial charge is 0.344 e. The molecule has 2 bridgehead atoms. The average molecular weight is 1600 g/mol. The minimum absolute atomic E-state index is 0.0147. The predicted molar refractivity (Wildman–Crippen MR) is 422 cm³/mol. The Balaban J connectivity index is 0.000000167. The number of nitrogens with two attached hydrogens (primary N) is 1. The van der Waals surface area contributed by atoms with Crippen LogP contribution in [0, 0.1) is 11.3 Å². The summed E-state index contributed by atoms with van der Waals surface area (Å²) in [6.07, 6.45) is 2.98. The molecule has 4 saturated heterocycles. The Bertz CT molecular complexity index is 4910. The number of carbonyl (C=O) groups excluding carboxylic acids is 8. The van der Waals surface area contributed by atoms with Gasteiger partial charge in [-0.3, -0.25) is 43.4 Å². The highest BCUT2D eigenvalue weighted by molar-refractivity contribution is 6.31. The van der Waals surface area contributed by atoms with Crippen LogP contribution in [-0.4, -0.2) is 245 Å². The topological polar surface area (TPSA) is 387 Å². The number of Topliss-reactive ketones (excluding diaryl/α,β-unsaturated/α-hetero) is 1. The summed E-state index contributed by atoms with van der Waals surface area (Å²) in [6.45, 7) is 15.1. The average Bonchev–Trinajstić information content (AvgIpc) is 1.47. The van der Waals surface area contributed by atoms with Crippen LogP contribution in [0.4, 0.5) is 5.69 Å². The number of piperidine rings is 2. The molecule has 28 heteroatoms. The van der Waals surface area contributed by atoms with Gasteiger partial charge in [-0.05, 0) is 140 Å². The molecule has 1 saturated carbocycles. The molecule has 116 heavy (non-hydrogen) atoms. The fraction of sp³-hybridized carbons (Fsp3) is 0.523. The lowest BCUT2D eigenvalue weighted by molar-refractivity contribution is -0.247. The first-order valence-corrected chi connectivity index (χ1v) is 40.1. The molecule has 620 valence electrons. The number of phenols is 2. The van der Waals surface area contributed by atoms with Gasteiger partial charge in [-0.1, -0.05) is 86.7 Å². The number of aromatic amines is 1. The Hall–Kier alpha value is -9.46. The summed E-state index contributed by atoms with van der Waals surface area (Å²) in [5.41, 5.74) is 0.475.